The summed E-state index contributed by atoms with van der Waals surface area (Å²) >= 11 is 6.09. The number of amides is 1. The molecule has 0 bridgehead atoms. The van der Waals surface area contributed by atoms with E-state index >= 15 is 0 Å². The number of rotatable bonds is 5. The van der Waals surface area contributed by atoms with Crippen LogP contribution in [0.2, 0.25) is 5.02 Å². The highest BCUT2D eigenvalue weighted by molar-refractivity contribution is 7.88. The van der Waals surface area contributed by atoms with Crippen molar-refractivity contribution < 1.29 is 17.9 Å². The number of hydrogen-bond acceptors (Lipinski definition) is 4. The highest BCUT2D eigenvalue weighted by Gasteiger charge is 2.30. The molecule has 0 unspecified atom stereocenters. The molecule has 1 aromatic rings. The zero-order chi connectivity index (χ0) is 19.4. The number of sulfonamides is 1. The van der Waals surface area contributed by atoms with Gasteiger partial charge in [-0.3, -0.25) is 0 Å². The predicted molar refractivity (Wildman–Crippen MR) is 103 cm³/mol. The minimum atomic E-state index is -3.45. The van der Waals surface area contributed by atoms with E-state index in [4.69, 9.17) is 16.3 Å². The van der Waals surface area contributed by atoms with Crippen molar-refractivity contribution >= 4 is 27.7 Å². The first-order valence-electron chi connectivity index (χ1n) is 8.75. The Morgan fingerprint density at radius 1 is 1.35 bits per heavy atom. The van der Waals surface area contributed by atoms with E-state index in [1.54, 1.807) is 45.0 Å². The summed E-state index contributed by atoms with van der Waals surface area (Å²) in [5.74, 6) is -0.0453. The van der Waals surface area contributed by atoms with Gasteiger partial charge in [0, 0.05) is 24.7 Å². The lowest BCUT2D eigenvalue weighted by Gasteiger charge is -2.32. The second-order valence-electron chi connectivity index (χ2n) is 7.60. The third-order valence-corrected chi connectivity index (χ3v) is 6.27. The standard InChI is InChI=1S/C18H27ClN2O4S/c1-18(2,3)25-17(22)20-11-14-7-6-10-21(12-14)26(23,24)13-15-8-4-5-9-16(15)19/h4-5,8-9,14H,6-7,10-13H2,1-3H3,(H,20,22)/t14-/m1/s1. The fourth-order valence-electron chi connectivity index (χ4n) is 2.89. The maximum atomic E-state index is 12.7. The van der Waals surface area contributed by atoms with Crippen LogP contribution in [0.5, 0.6) is 0 Å². The highest BCUT2D eigenvalue weighted by Crippen LogP contribution is 2.24. The van der Waals surface area contributed by atoms with Crippen LogP contribution >= 0.6 is 11.6 Å². The molecule has 8 heteroatoms. The molecule has 0 saturated carbocycles. The summed E-state index contributed by atoms with van der Waals surface area (Å²) in [5, 5.41) is 3.19. The number of halogens is 1. The van der Waals surface area contributed by atoms with Crippen LogP contribution in [0.25, 0.3) is 0 Å². The number of benzene rings is 1. The van der Waals surface area contributed by atoms with E-state index < -0.39 is 21.7 Å². The van der Waals surface area contributed by atoms with Gasteiger partial charge in [-0.1, -0.05) is 29.8 Å². The smallest absolute Gasteiger partial charge is 0.407 e. The first kappa shape index (κ1) is 21.0. The molecule has 1 fully saturated rings. The lowest BCUT2D eigenvalue weighted by atomic mass is 10.00. The third-order valence-electron chi connectivity index (χ3n) is 4.10. The summed E-state index contributed by atoms with van der Waals surface area (Å²) in [6, 6.07) is 6.97. The molecule has 1 N–H and O–H groups in total. The number of carbonyl (C=O) groups excluding carboxylic acids is 1. The van der Waals surface area contributed by atoms with Crippen LogP contribution in [0.15, 0.2) is 24.3 Å². The van der Waals surface area contributed by atoms with Gasteiger partial charge in [-0.05, 0) is 51.2 Å². The SMILES string of the molecule is CC(C)(C)OC(=O)NC[C@H]1CCCN(S(=O)(=O)Cc2ccccc2Cl)C1. The van der Waals surface area contributed by atoms with Crippen molar-refractivity contribution in [3.8, 4) is 0 Å². The summed E-state index contributed by atoms with van der Waals surface area (Å²) in [5.41, 5.74) is 0.0456. The molecule has 146 valence electrons. The summed E-state index contributed by atoms with van der Waals surface area (Å²) < 4.78 is 32.2. The summed E-state index contributed by atoms with van der Waals surface area (Å²) in [6.07, 6.45) is 1.16. The first-order valence-corrected chi connectivity index (χ1v) is 10.7. The van der Waals surface area contributed by atoms with E-state index in [2.05, 4.69) is 5.32 Å². The molecule has 1 saturated heterocycles. The van der Waals surface area contributed by atoms with Crippen molar-refractivity contribution in [1.29, 1.82) is 0 Å². The largest absolute Gasteiger partial charge is 0.444 e. The average molecular weight is 403 g/mol. The molecule has 0 aromatic heterocycles. The minimum absolute atomic E-state index is 0.0669. The van der Waals surface area contributed by atoms with E-state index in [-0.39, 0.29) is 11.7 Å². The van der Waals surface area contributed by atoms with E-state index in [0.717, 1.165) is 12.8 Å². The Bertz CT molecular complexity index is 731. The Morgan fingerprint density at radius 3 is 2.69 bits per heavy atom. The molecule has 1 atom stereocenters. The van der Waals surface area contributed by atoms with Crippen LogP contribution in [0.1, 0.15) is 39.2 Å². The topological polar surface area (TPSA) is 75.7 Å². The zero-order valence-electron chi connectivity index (χ0n) is 15.5. The molecular formula is C18H27ClN2O4S. The molecule has 6 nitrogen and oxygen atoms in total. The first-order chi connectivity index (χ1) is 12.1. The molecular weight excluding hydrogens is 376 g/mol. The number of nitrogens with zero attached hydrogens (tertiary/aromatic N) is 1. The van der Waals surface area contributed by atoms with Gasteiger partial charge >= 0.3 is 6.09 Å². The van der Waals surface area contributed by atoms with E-state index in [0.29, 0.717) is 30.2 Å². The molecule has 1 heterocycles. The number of carbonyl (C=O) groups is 1. The quantitative estimate of drug-likeness (QED) is 0.818. The van der Waals surface area contributed by atoms with E-state index in [1.807, 2.05) is 0 Å². The van der Waals surface area contributed by atoms with Gasteiger partial charge in [0.1, 0.15) is 5.60 Å². The van der Waals surface area contributed by atoms with Crippen molar-refractivity contribution in [3.05, 3.63) is 34.9 Å². The van der Waals surface area contributed by atoms with Gasteiger partial charge in [-0.25, -0.2) is 17.5 Å². The second-order valence-corrected chi connectivity index (χ2v) is 9.97. The molecule has 1 amide bonds. The van der Waals surface area contributed by atoms with Crippen LogP contribution in [-0.4, -0.2) is 44.1 Å². The van der Waals surface area contributed by atoms with Gasteiger partial charge in [-0.15, -0.1) is 0 Å². The van der Waals surface area contributed by atoms with Gasteiger partial charge < -0.3 is 10.1 Å². The molecule has 0 radical (unpaired) electrons. The van der Waals surface area contributed by atoms with Crippen molar-refractivity contribution in [2.45, 2.75) is 45.0 Å². The predicted octanol–water partition coefficient (Wildman–Crippen LogP) is 3.41. The fraction of sp³-hybridized carbons (Fsp3) is 0.611. The second kappa shape index (κ2) is 8.59. The maximum Gasteiger partial charge on any atom is 0.407 e. The van der Waals surface area contributed by atoms with Crippen molar-refractivity contribution in [2.24, 2.45) is 5.92 Å². The van der Waals surface area contributed by atoms with Crippen LogP contribution in [0.3, 0.4) is 0 Å². The highest BCUT2D eigenvalue weighted by atomic mass is 35.5. The molecule has 0 spiro atoms. The number of nitrogens with one attached hydrogen (secondary N) is 1. The molecule has 1 aromatic carbocycles. The van der Waals surface area contributed by atoms with Crippen molar-refractivity contribution in [2.75, 3.05) is 19.6 Å². The molecule has 2 rings (SSSR count). The molecule has 1 aliphatic heterocycles. The van der Waals surface area contributed by atoms with E-state index in [1.165, 1.54) is 4.31 Å². The third kappa shape index (κ3) is 6.45. The normalized spacial score (nSPS) is 19.2. The zero-order valence-corrected chi connectivity index (χ0v) is 17.1. The van der Waals surface area contributed by atoms with E-state index in [9.17, 15) is 13.2 Å². The number of alkyl carbamates (subject to hydrolysis) is 1. The Kier molecular flexibility index (Phi) is 6.93. The average Bonchev–Trinajstić information content (AvgIpc) is 2.54. The molecule has 0 aliphatic carbocycles. The number of hydrogen-bond donors (Lipinski definition) is 1. The Morgan fingerprint density at radius 2 is 2.04 bits per heavy atom. The monoisotopic (exact) mass is 402 g/mol. The lowest BCUT2D eigenvalue weighted by Crippen LogP contribution is -2.44. The van der Waals surface area contributed by atoms with Gasteiger partial charge in [0.15, 0.2) is 0 Å². The van der Waals surface area contributed by atoms with Gasteiger partial charge in [0.2, 0.25) is 10.0 Å². The Balaban J connectivity index is 1.92. The number of piperidine rings is 1. The maximum absolute atomic E-state index is 12.7. The summed E-state index contributed by atoms with van der Waals surface area (Å²) in [7, 11) is -3.45. The van der Waals surface area contributed by atoms with Gasteiger partial charge in [-0.2, -0.15) is 0 Å². The fourth-order valence-corrected chi connectivity index (χ4v) is 4.85. The Hall–Kier alpha value is -1.31. The summed E-state index contributed by atoms with van der Waals surface area (Å²) in [4.78, 5) is 11.8. The van der Waals surface area contributed by atoms with Gasteiger partial charge in [0.25, 0.3) is 0 Å². The van der Waals surface area contributed by atoms with Crippen LogP contribution < -0.4 is 5.32 Å². The minimum Gasteiger partial charge on any atom is -0.444 e. The van der Waals surface area contributed by atoms with Crippen molar-refractivity contribution in [3.63, 3.8) is 0 Å². The van der Waals surface area contributed by atoms with Crippen LogP contribution in [-0.2, 0) is 20.5 Å². The molecule has 26 heavy (non-hydrogen) atoms. The van der Waals surface area contributed by atoms with Crippen LogP contribution in [0, 0.1) is 5.92 Å². The number of ether oxygens (including phenoxy) is 1. The Labute approximate surface area is 160 Å². The van der Waals surface area contributed by atoms with Crippen molar-refractivity contribution in [1.82, 2.24) is 9.62 Å². The lowest BCUT2D eigenvalue weighted by molar-refractivity contribution is 0.0513. The van der Waals surface area contributed by atoms with Crippen LogP contribution in [0.4, 0.5) is 4.79 Å². The van der Waals surface area contributed by atoms with Gasteiger partial charge in [0.05, 0.1) is 5.75 Å². The summed E-state index contributed by atoms with van der Waals surface area (Å²) in [6.45, 7) is 6.69. The molecule has 1 aliphatic rings.